The lowest BCUT2D eigenvalue weighted by Gasteiger charge is -2.34. The van der Waals surface area contributed by atoms with Crippen LogP contribution in [-0.2, 0) is 4.74 Å². The first-order valence-electron chi connectivity index (χ1n) is 10.5. The highest BCUT2D eigenvalue weighted by atomic mass is 16.6. The number of amides is 2. The summed E-state index contributed by atoms with van der Waals surface area (Å²) in [6.45, 7) is 9.26. The molecule has 2 heterocycles. The van der Waals surface area contributed by atoms with Crippen molar-refractivity contribution in [3.05, 3.63) is 42.1 Å². The third kappa shape index (κ3) is 6.10. The van der Waals surface area contributed by atoms with E-state index in [2.05, 4.69) is 32.5 Å². The van der Waals surface area contributed by atoms with Gasteiger partial charge in [-0.05, 0) is 58.2 Å². The van der Waals surface area contributed by atoms with E-state index in [4.69, 9.17) is 9.47 Å². The van der Waals surface area contributed by atoms with Crippen LogP contribution in [0.2, 0.25) is 0 Å². The van der Waals surface area contributed by atoms with Gasteiger partial charge < -0.3 is 24.6 Å². The van der Waals surface area contributed by atoms with E-state index in [9.17, 15) is 9.59 Å². The van der Waals surface area contributed by atoms with Crippen LogP contribution in [0.5, 0.6) is 5.88 Å². The molecule has 32 heavy (non-hydrogen) atoms. The van der Waals surface area contributed by atoms with Crippen LogP contribution in [0.25, 0.3) is 0 Å². The summed E-state index contributed by atoms with van der Waals surface area (Å²) in [6, 6.07) is 9.21. The van der Waals surface area contributed by atoms with E-state index in [-0.39, 0.29) is 17.1 Å². The summed E-state index contributed by atoms with van der Waals surface area (Å²) < 4.78 is 10.6. The van der Waals surface area contributed by atoms with Gasteiger partial charge in [0.15, 0.2) is 0 Å². The second-order valence-electron chi connectivity index (χ2n) is 8.66. The monoisotopic (exact) mass is 441 g/mol. The molecule has 1 saturated heterocycles. The zero-order chi connectivity index (χ0) is 23.3. The zero-order valence-corrected chi connectivity index (χ0v) is 19.3. The Bertz CT molecular complexity index is 948. The Morgan fingerprint density at radius 2 is 1.66 bits per heavy atom. The number of hydrogen-bond donors (Lipinski definition) is 2. The Kier molecular flexibility index (Phi) is 7.19. The fraction of sp³-hybridized carbons (Fsp3) is 0.435. The molecular formula is C23H31N5O4. The lowest BCUT2D eigenvalue weighted by molar-refractivity contribution is 0.0636. The Labute approximate surface area is 188 Å². The molecule has 172 valence electrons. The van der Waals surface area contributed by atoms with E-state index in [0.29, 0.717) is 5.69 Å². The number of aromatic nitrogens is 1. The lowest BCUT2D eigenvalue weighted by Crippen LogP contribution is -2.44. The fourth-order valence-corrected chi connectivity index (χ4v) is 3.35. The van der Waals surface area contributed by atoms with Crippen molar-refractivity contribution >= 4 is 29.1 Å². The molecule has 2 amide bonds. The van der Waals surface area contributed by atoms with Crippen LogP contribution in [0, 0.1) is 0 Å². The minimum Gasteiger partial charge on any atom is -0.480 e. The Morgan fingerprint density at radius 3 is 2.25 bits per heavy atom. The Balaban J connectivity index is 1.74. The highest BCUT2D eigenvalue weighted by Gasteiger charge is 2.23. The zero-order valence-electron chi connectivity index (χ0n) is 19.3. The van der Waals surface area contributed by atoms with Gasteiger partial charge in [0.1, 0.15) is 11.2 Å². The number of rotatable bonds is 5. The van der Waals surface area contributed by atoms with E-state index < -0.39 is 17.6 Å². The van der Waals surface area contributed by atoms with Gasteiger partial charge in [0.25, 0.3) is 5.91 Å². The number of piperazine rings is 1. The molecule has 0 aliphatic carbocycles. The number of methoxy groups -OCH3 is 1. The van der Waals surface area contributed by atoms with Gasteiger partial charge in [-0.2, -0.15) is 0 Å². The SMILES string of the molecule is COc1nccc(NC(=O)OC(C)(C)C)c1C(=O)Nc1ccc(N2CCN(C)CC2)cc1. The smallest absolute Gasteiger partial charge is 0.412 e. The fourth-order valence-electron chi connectivity index (χ4n) is 3.35. The molecule has 0 atom stereocenters. The number of nitrogens with zero attached hydrogens (tertiary/aromatic N) is 3. The minimum atomic E-state index is -0.671. The molecule has 1 aliphatic rings. The van der Waals surface area contributed by atoms with Gasteiger partial charge in [-0.3, -0.25) is 10.1 Å². The molecule has 0 unspecified atom stereocenters. The molecule has 9 heteroatoms. The normalized spacial score (nSPS) is 14.6. The van der Waals surface area contributed by atoms with Crippen molar-refractivity contribution in [3.8, 4) is 5.88 Å². The molecule has 1 aliphatic heterocycles. The van der Waals surface area contributed by atoms with Crippen LogP contribution >= 0.6 is 0 Å². The average molecular weight is 442 g/mol. The largest absolute Gasteiger partial charge is 0.480 e. The summed E-state index contributed by atoms with van der Waals surface area (Å²) in [7, 11) is 3.54. The first-order chi connectivity index (χ1) is 15.2. The van der Waals surface area contributed by atoms with Gasteiger partial charge in [-0.25, -0.2) is 9.78 Å². The van der Waals surface area contributed by atoms with Gasteiger partial charge >= 0.3 is 6.09 Å². The van der Waals surface area contributed by atoms with E-state index in [1.54, 1.807) is 20.8 Å². The predicted molar refractivity (Wildman–Crippen MR) is 125 cm³/mol. The molecule has 3 rings (SSSR count). The highest BCUT2D eigenvalue weighted by Crippen LogP contribution is 2.27. The van der Waals surface area contributed by atoms with Gasteiger partial charge in [0.2, 0.25) is 5.88 Å². The van der Waals surface area contributed by atoms with E-state index >= 15 is 0 Å². The van der Waals surface area contributed by atoms with Crippen LogP contribution in [-0.4, -0.2) is 67.8 Å². The van der Waals surface area contributed by atoms with Crippen LogP contribution in [0.15, 0.2) is 36.5 Å². The summed E-state index contributed by atoms with van der Waals surface area (Å²) in [6.07, 6.45) is 0.781. The quantitative estimate of drug-likeness (QED) is 0.734. The van der Waals surface area contributed by atoms with Crippen molar-refractivity contribution in [1.29, 1.82) is 0 Å². The predicted octanol–water partition coefficient (Wildman–Crippen LogP) is 3.44. The third-order valence-electron chi connectivity index (χ3n) is 4.97. The van der Waals surface area contributed by atoms with Gasteiger partial charge in [-0.15, -0.1) is 0 Å². The summed E-state index contributed by atoms with van der Waals surface area (Å²) in [5.74, 6) is -0.349. The number of carbonyl (C=O) groups excluding carboxylic acids is 2. The van der Waals surface area contributed by atoms with Crippen molar-refractivity contribution in [2.24, 2.45) is 0 Å². The summed E-state index contributed by atoms with van der Waals surface area (Å²) >= 11 is 0. The number of ether oxygens (including phenoxy) is 2. The van der Waals surface area contributed by atoms with Crippen molar-refractivity contribution < 1.29 is 19.1 Å². The molecule has 0 bridgehead atoms. The maximum Gasteiger partial charge on any atom is 0.412 e. The number of benzene rings is 1. The molecule has 0 spiro atoms. The molecule has 9 nitrogen and oxygen atoms in total. The standard InChI is InChI=1S/C23H31N5O4/c1-23(2,3)32-22(30)26-18-10-11-24-21(31-5)19(18)20(29)25-16-6-8-17(9-7-16)28-14-12-27(4)13-15-28/h6-11H,12-15H2,1-5H3,(H,25,29)(H,24,26,30). The molecule has 0 radical (unpaired) electrons. The number of likely N-dealkylation sites (N-methyl/N-ethyl adjacent to an activating group) is 1. The second kappa shape index (κ2) is 9.86. The Hall–Kier alpha value is -3.33. The van der Waals surface area contributed by atoms with E-state index in [0.717, 1.165) is 31.9 Å². The molecule has 1 aromatic heterocycles. The van der Waals surface area contributed by atoms with Gasteiger partial charge in [0.05, 0.1) is 12.8 Å². The Morgan fingerprint density at radius 1 is 1.00 bits per heavy atom. The van der Waals surface area contributed by atoms with E-state index in [1.165, 1.54) is 19.4 Å². The highest BCUT2D eigenvalue weighted by molar-refractivity contribution is 6.11. The molecule has 1 fully saturated rings. The minimum absolute atomic E-state index is 0.102. The lowest BCUT2D eigenvalue weighted by atomic mass is 10.2. The number of nitrogens with one attached hydrogen (secondary N) is 2. The van der Waals surface area contributed by atoms with Crippen LogP contribution in [0.1, 0.15) is 31.1 Å². The molecule has 2 N–H and O–H groups in total. The summed E-state index contributed by atoms with van der Waals surface area (Å²) in [4.78, 5) is 34.0. The maximum absolute atomic E-state index is 13.1. The third-order valence-corrected chi connectivity index (χ3v) is 4.97. The first-order valence-corrected chi connectivity index (χ1v) is 10.5. The van der Waals surface area contributed by atoms with Crippen molar-refractivity contribution in [2.45, 2.75) is 26.4 Å². The maximum atomic E-state index is 13.1. The van der Waals surface area contributed by atoms with Crippen LogP contribution in [0.3, 0.4) is 0 Å². The van der Waals surface area contributed by atoms with E-state index in [1.807, 2.05) is 24.3 Å². The van der Waals surface area contributed by atoms with Crippen molar-refractivity contribution in [2.75, 3.05) is 55.9 Å². The molecule has 2 aromatic rings. The van der Waals surface area contributed by atoms with Crippen LogP contribution < -0.4 is 20.3 Å². The van der Waals surface area contributed by atoms with Crippen LogP contribution in [0.4, 0.5) is 21.9 Å². The van der Waals surface area contributed by atoms with Gasteiger partial charge in [0, 0.05) is 43.8 Å². The van der Waals surface area contributed by atoms with Crippen molar-refractivity contribution in [1.82, 2.24) is 9.88 Å². The number of hydrogen-bond acceptors (Lipinski definition) is 7. The number of anilines is 3. The molecule has 1 aromatic carbocycles. The van der Waals surface area contributed by atoms with Crippen molar-refractivity contribution in [3.63, 3.8) is 0 Å². The number of carbonyl (C=O) groups is 2. The topological polar surface area (TPSA) is 96.0 Å². The first kappa shape index (κ1) is 23.3. The molecule has 0 saturated carbocycles. The number of pyridine rings is 1. The average Bonchev–Trinajstić information content (AvgIpc) is 2.73. The second-order valence-corrected chi connectivity index (χ2v) is 8.66. The van der Waals surface area contributed by atoms with Gasteiger partial charge in [-0.1, -0.05) is 0 Å². The summed E-state index contributed by atoms with van der Waals surface area (Å²) in [5.41, 5.74) is 1.43. The summed E-state index contributed by atoms with van der Waals surface area (Å²) in [5, 5.41) is 5.47. The molecular weight excluding hydrogens is 410 g/mol.